The van der Waals surface area contributed by atoms with Crippen LogP contribution in [-0.2, 0) is 0 Å². The van der Waals surface area contributed by atoms with Crippen molar-refractivity contribution >= 4 is 56.0 Å². The van der Waals surface area contributed by atoms with Crippen molar-refractivity contribution in [3.63, 3.8) is 0 Å². The maximum Gasteiger partial charge on any atom is 0.251 e. The minimum atomic E-state index is -0.0709. The second kappa shape index (κ2) is 7.70. The highest BCUT2D eigenvalue weighted by atomic mass is 127. The third-order valence-electron chi connectivity index (χ3n) is 2.46. The number of hydrogen-bond donors (Lipinski definition) is 1. The lowest BCUT2D eigenvalue weighted by Crippen LogP contribution is -2.37. The fourth-order valence-electron chi connectivity index (χ4n) is 1.64. The van der Waals surface area contributed by atoms with Gasteiger partial charge in [-0.05, 0) is 53.1 Å². The van der Waals surface area contributed by atoms with E-state index in [-0.39, 0.29) is 11.9 Å². The molecule has 0 aromatic heterocycles. The first-order valence-corrected chi connectivity index (χ1v) is 8.33. The molecule has 2 nitrogen and oxygen atoms in total. The third-order valence-corrected chi connectivity index (χ3v) is 4.81. The van der Waals surface area contributed by atoms with Gasteiger partial charge < -0.3 is 5.32 Å². The number of rotatable bonds is 5. The molecule has 100 valence electrons. The van der Waals surface area contributed by atoms with Crippen LogP contribution in [-0.4, -0.2) is 17.3 Å². The fraction of sp³-hybridized carbons (Fsp3) is 0.462. The van der Waals surface area contributed by atoms with E-state index in [1.807, 2.05) is 6.07 Å². The first-order chi connectivity index (χ1) is 8.43. The molecular weight excluding hydrogens is 428 g/mol. The van der Waals surface area contributed by atoms with Crippen molar-refractivity contribution in [2.45, 2.75) is 26.3 Å². The molecule has 1 rings (SSSR count). The molecule has 0 saturated carbocycles. The number of benzene rings is 1. The lowest BCUT2D eigenvalue weighted by Gasteiger charge is -2.18. The maximum atomic E-state index is 12.1. The first kappa shape index (κ1) is 16.2. The molecule has 1 N–H and O–H groups in total. The van der Waals surface area contributed by atoms with E-state index >= 15 is 0 Å². The molecule has 18 heavy (non-hydrogen) atoms. The van der Waals surface area contributed by atoms with Crippen LogP contribution in [0, 0.1) is 9.49 Å². The Balaban J connectivity index is 2.71. The normalized spacial score (nSPS) is 12.6. The number of carbonyl (C=O) groups excluding carboxylic acids is 1. The van der Waals surface area contributed by atoms with Gasteiger partial charge in [-0.3, -0.25) is 4.79 Å². The summed E-state index contributed by atoms with van der Waals surface area (Å²) in [7, 11) is 0. The maximum absolute atomic E-state index is 12.1. The lowest BCUT2D eigenvalue weighted by atomic mass is 10.0. The van der Waals surface area contributed by atoms with E-state index in [1.165, 1.54) is 0 Å². The van der Waals surface area contributed by atoms with Gasteiger partial charge in [-0.1, -0.05) is 41.4 Å². The molecular formula is C13H16BrClINO. The van der Waals surface area contributed by atoms with Crippen molar-refractivity contribution in [3.05, 3.63) is 32.4 Å². The van der Waals surface area contributed by atoms with Gasteiger partial charge in [-0.2, -0.15) is 0 Å². The standard InChI is InChI=1S/C13H16BrClINO/c1-8(2)5-10(7-14)17-13(18)9-3-4-12(16)11(15)6-9/h3-4,6,8,10H,5,7H2,1-2H3,(H,17,18). The number of amides is 1. The largest absolute Gasteiger partial charge is 0.348 e. The zero-order valence-electron chi connectivity index (χ0n) is 10.3. The lowest BCUT2D eigenvalue weighted by molar-refractivity contribution is 0.0937. The first-order valence-electron chi connectivity index (χ1n) is 5.76. The predicted molar refractivity (Wildman–Crippen MR) is 88.7 cm³/mol. The Hall–Kier alpha value is 0.190. The van der Waals surface area contributed by atoms with Crippen LogP contribution >= 0.6 is 50.1 Å². The summed E-state index contributed by atoms with van der Waals surface area (Å²) in [4.78, 5) is 12.1. The number of nitrogens with one attached hydrogen (secondary N) is 1. The third kappa shape index (κ3) is 5.05. The van der Waals surface area contributed by atoms with Crippen LogP contribution in [0.1, 0.15) is 30.6 Å². The summed E-state index contributed by atoms with van der Waals surface area (Å²) in [5.41, 5.74) is 0.607. The van der Waals surface area contributed by atoms with E-state index in [0.717, 1.165) is 15.3 Å². The summed E-state index contributed by atoms with van der Waals surface area (Å²) in [6.45, 7) is 4.28. The minimum absolute atomic E-state index is 0.0709. The average Bonchev–Trinajstić information content (AvgIpc) is 2.31. The Morgan fingerprint density at radius 1 is 1.50 bits per heavy atom. The van der Waals surface area contributed by atoms with E-state index in [2.05, 4.69) is 57.7 Å². The van der Waals surface area contributed by atoms with Gasteiger partial charge in [0.1, 0.15) is 0 Å². The van der Waals surface area contributed by atoms with Crippen LogP contribution in [0.25, 0.3) is 0 Å². The number of hydrogen-bond acceptors (Lipinski definition) is 1. The Morgan fingerprint density at radius 2 is 2.17 bits per heavy atom. The second-order valence-electron chi connectivity index (χ2n) is 4.58. The van der Waals surface area contributed by atoms with Crippen molar-refractivity contribution in [2.75, 3.05) is 5.33 Å². The average molecular weight is 445 g/mol. The second-order valence-corrected chi connectivity index (χ2v) is 6.80. The molecule has 1 atom stereocenters. The number of carbonyl (C=O) groups is 1. The van der Waals surface area contributed by atoms with Crippen LogP contribution in [0.2, 0.25) is 5.02 Å². The molecule has 1 aromatic rings. The Bertz CT molecular complexity index is 425. The molecule has 1 unspecified atom stereocenters. The molecule has 1 aromatic carbocycles. The topological polar surface area (TPSA) is 29.1 Å². The van der Waals surface area contributed by atoms with Gasteiger partial charge in [0.15, 0.2) is 0 Å². The molecule has 0 bridgehead atoms. The van der Waals surface area contributed by atoms with E-state index in [1.54, 1.807) is 12.1 Å². The summed E-state index contributed by atoms with van der Waals surface area (Å²) in [5.74, 6) is 0.478. The molecule has 5 heteroatoms. The van der Waals surface area contributed by atoms with Crippen molar-refractivity contribution in [2.24, 2.45) is 5.92 Å². The zero-order valence-corrected chi connectivity index (χ0v) is 14.8. The van der Waals surface area contributed by atoms with Crippen molar-refractivity contribution in [1.82, 2.24) is 5.32 Å². The fourth-order valence-corrected chi connectivity index (χ4v) is 2.58. The van der Waals surface area contributed by atoms with E-state index in [9.17, 15) is 4.79 Å². The SMILES string of the molecule is CC(C)CC(CBr)NC(=O)c1ccc(I)c(Cl)c1. The van der Waals surface area contributed by atoms with Crippen molar-refractivity contribution in [3.8, 4) is 0 Å². The van der Waals surface area contributed by atoms with Gasteiger partial charge >= 0.3 is 0 Å². The minimum Gasteiger partial charge on any atom is -0.348 e. The van der Waals surface area contributed by atoms with Gasteiger partial charge in [0, 0.05) is 20.5 Å². The molecule has 0 aliphatic carbocycles. The van der Waals surface area contributed by atoms with Gasteiger partial charge in [-0.15, -0.1) is 0 Å². The quantitative estimate of drug-likeness (QED) is 0.527. The molecule has 1 amide bonds. The van der Waals surface area contributed by atoms with Crippen LogP contribution in [0.3, 0.4) is 0 Å². The summed E-state index contributed by atoms with van der Waals surface area (Å²) in [6.07, 6.45) is 0.953. The Kier molecular flexibility index (Phi) is 6.95. The summed E-state index contributed by atoms with van der Waals surface area (Å²) >= 11 is 11.6. The highest BCUT2D eigenvalue weighted by Crippen LogP contribution is 2.19. The molecule has 0 saturated heterocycles. The number of alkyl halides is 1. The Labute approximate surface area is 135 Å². The van der Waals surface area contributed by atoms with Gasteiger partial charge in [0.05, 0.1) is 5.02 Å². The molecule has 0 aliphatic heterocycles. The van der Waals surface area contributed by atoms with Gasteiger partial charge in [-0.25, -0.2) is 0 Å². The van der Waals surface area contributed by atoms with Crippen molar-refractivity contribution in [1.29, 1.82) is 0 Å². The van der Waals surface area contributed by atoms with E-state index in [0.29, 0.717) is 16.5 Å². The van der Waals surface area contributed by atoms with Crippen LogP contribution in [0.4, 0.5) is 0 Å². The summed E-state index contributed by atoms with van der Waals surface area (Å²) in [5, 5.41) is 4.39. The number of halogens is 3. The van der Waals surface area contributed by atoms with Gasteiger partial charge in [0.25, 0.3) is 5.91 Å². The monoisotopic (exact) mass is 443 g/mol. The highest BCUT2D eigenvalue weighted by Gasteiger charge is 2.14. The molecule has 0 spiro atoms. The van der Waals surface area contributed by atoms with Gasteiger partial charge in [0.2, 0.25) is 0 Å². The zero-order chi connectivity index (χ0) is 13.7. The van der Waals surface area contributed by atoms with Crippen molar-refractivity contribution < 1.29 is 4.79 Å². The summed E-state index contributed by atoms with van der Waals surface area (Å²) < 4.78 is 0.949. The smallest absolute Gasteiger partial charge is 0.251 e. The molecule has 0 aliphatic rings. The highest BCUT2D eigenvalue weighted by molar-refractivity contribution is 14.1. The van der Waals surface area contributed by atoms with E-state index in [4.69, 9.17) is 11.6 Å². The van der Waals surface area contributed by atoms with Crippen LogP contribution < -0.4 is 5.32 Å². The van der Waals surface area contributed by atoms with Crippen LogP contribution in [0.15, 0.2) is 18.2 Å². The molecule has 0 heterocycles. The predicted octanol–water partition coefficient (Wildman–Crippen LogP) is 4.48. The van der Waals surface area contributed by atoms with E-state index < -0.39 is 0 Å². The summed E-state index contributed by atoms with van der Waals surface area (Å²) in [6, 6.07) is 5.50. The molecule has 0 radical (unpaired) electrons. The van der Waals surface area contributed by atoms with Crippen LogP contribution in [0.5, 0.6) is 0 Å². The molecule has 0 fully saturated rings. The Morgan fingerprint density at radius 3 is 2.67 bits per heavy atom.